The van der Waals surface area contributed by atoms with Crippen LogP contribution in [-0.2, 0) is 0 Å². The number of rotatable bonds is 4. The molecule has 0 unspecified atom stereocenters. The summed E-state index contributed by atoms with van der Waals surface area (Å²) in [4.78, 5) is 0. The van der Waals surface area contributed by atoms with Gasteiger partial charge in [-0.2, -0.15) is 5.26 Å². The Morgan fingerprint density at radius 2 is 1.94 bits per heavy atom. The molecule has 0 aliphatic rings. The van der Waals surface area contributed by atoms with Crippen molar-refractivity contribution in [2.45, 2.75) is 27.2 Å². The predicted octanol–water partition coefficient (Wildman–Crippen LogP) is 4.65. The fourth-order valence-corrected chi connectivity index (χ4v) is 1.80. The standard InChI is InChI=1S/C13H16Cl2N2/c1-9-6-11(15)12(7-10(9)14)17-5-4-13(2,3)8-16/h6-7,17H,4-5H2,1-3H3. The topological polar surface area (TPSA) is 35.8 Å². The first-order valence-corrected chi connectivity index (χ1v) is 6.22. The molecule has 0 radical (unpaired) electrons. The molecule has 0 saturated carbocycles. The lowest BCUT2D eigenvalue weighted by molar-refractivity contribution is 0.466. The largest absolute Gasteiger partial charge is 0.384 e. The zero-order chi connectivity index (χ0) is 13.1. The minimum atomic E-state index is -0.325. The highest BCUT2D eigenvalue weighted by Gasteiger charge is 2.16. The van der Waals surface area contributed by atoms with E-state index in [-0.39, 0.29) is 5.41 Å². The molecule has 0 fully saturated rings. The van der Waals surface area contributed by atoms with Crippen molar-refractivity contribution < 1.29 is 0 Å². The van der Waals surface area contributed by atoms with Gasteiger partial charge in [0, 0.05) is 11.6 Å². The van der Waals surface area contributed by atoms with Crippen LogP contribution in [0.15, 0.2) is 12.1 Å². The molecule has 4 heteroatoms. The monoisotopic (exact) mass is 270 g/mol. The Bertz CT molecular complexity index is 447. The first-order chi connectivity index (χ1) is 7.85. The van der Waals surface area contributed by atoms with Crippen molar-refractivity contribution in [2.75, 3.05) is 11.9 Å². The highest BCUT2D eigenvalue weighted by Crippen LogP contribution is 2.29. The second-order valence-electron chi connectivity index (χ2n) is 4.75. The van der Waals surface area contributed by atoms with Gasteiger partial charge in [0.2, 0.25) is 0 Å². The second kappa shape index (κ2) is 5.62. The highest BCUT2D eigenvalue weighted by molar-refractivity contribution is 6.35. The number of aryl methyl sites for hydroxylation is 1. The van der Waals surface area contributed by atoms with Crippen LogP contribution in [0.1, 0.15) is 25.8 Å². The Balaban J connectivity index is 2.65. The Labute approximate surface area is 113 Å². The highest BCUT2D eigenvalue weighted by atomic mass is 35.5. The number of anilines is 1. The molecule has 2 nitrogen and oxygen atoms in total. The van der Waals surface area contributed by atoms with Crippen LogP contribution in [0.3, 0.4) is 0 Å². The normalized spacial score (nSPS) is 11.1. The van der Waals surface area contributed by atoms with Crippen molar-refractivity contribution in [2.24, 2.45) is 5.41 Å². The maximum absolute atomic E-state index is 8.90. The first kappa shape index (κ1) is 14.2. The summed E-state index contributed by atoms with van der Waals surface area (Å²) in [5, 5.41) is 13.5. The Morgan fingerprint density at radius 3 is 2.53 bits per heavy atom. The van der Waals surface area contributed by atoms with Crippen molar-refractivity contribution >= 4 is 28.9 Å². The minimum absolute atomic E-state index is 0.325. The summed E-state index contributed by atoms with van der Waals surface area (Å²) >= 11 is 12.1. The summed E-state index contributed by atoms with van der Waals surface area (Å²) in [6.45, 7) is 6.44. The lowest BCUT2D eigenvalue weighted by Crippen LogP contribution is -2.14. The minimum Gasteiger partial charge on any atom is -0.384 e. The summed E-state index contributed by atoms with van der Waals surface area (Å²) in [6, 6.07) is 5.92. The first-order valence-electron chi connectivity index (χ1n) is 5.46. The number of benzene rings is 1. The summed E-state index contributed by atoms with van der Waals surface area (Å²) in [5.74, 6) is 0. The molecule has 17 heavy (non-hydrogen) atoms. The van der Waals surface area contributed by atoms with Gasteiger partial charge < -0.3 is 5.32 Å². The Morgan fingerprint density at radius 1 is 1.29 bits per heavy atom. The fourth-order valence-electron chi connectivity index (χ4n) is 1.35. The molecular formula is C13H16Cl2N2. The quantitative estimate of drug-likeness (QED) is 0.864. The van der Waals surface area contributed by atoms with Gasteiger partial charge in [0.1, 0.15) is 0 Å². The molecule has 0 saturated heterocycles. The zero-order valence-corrected chi connectivity index (χ0v) is 11.8. The van der Waals surface area contributed by atoms with Gasteiger partial charge in [-0.25, -0.2) is 0 Å². The van der Waals surface area contributed by atoms with Crippen molar-refractivity contribution in [3.63, 3.8) is 0 Å². The van der Waals surface area contributed by atoms with E-state index in [4.69, 9.17) is 28.5 Å². The lowest BCUT2D eigenvalue weighted by Gasteiger charge is -2.16. The summed E-state index contributed by atoms with van der Waals surface area (Å²) in [7, 11) is 0. The molecule has 1 rings (SSSR count). The zero-order valence-electron chi connectivity index (χ0n) is 10.3. The van der Waals surface area contributed by atoms with E-state index in [1.807, 2.05) is 32.9 Å². The second-order valence-corrected chi connectivity index (χ2v) is 5.57. The Kier molecular flexibility index (Phi) is 4.68. The van der Waals surface area contributed by atoms with E-state index < -0.39 is 0 Å². The van der Waals surface area contributed by atoms with E-state index in [2.05, 4.69) is 11.4 Å². The van der Waals surface area contributed by atoms with Crippen LogP contribution in [0, 0.1) is 23.7 Å². The third-order valence-electron chi connectivity index (χ3n) is 2.62. The molecule has 0 aliphatic carbocycles. The molecule has 0 spiro atoms. The van der Waals surface area contributed by atoms with Crippen LogP contribution in [-0.4, -0.2) is 6.54 Å². The number of nitrogens with zero attached hydrogens (tertiary/aromatic N) is 1. The van der Waals surface area contributed by atoms with Crippen LogP contribution in [0.2, 0.25) is 10.0 Å². The molecule has 0 aliphatic heterocycles. The van der Waals surface area contributed by atoms with Crippen LogP contribution in [0.25, 0.3) is 0 Å². The number of halogens is 2. The van der Waals surface area contributed by atoms with Gasteiger partial charge in [0.15, 0.2) is 0 Å². The summed E-state index contributed by atoms with van der Waals surface area (Å²) < 4.78 is 0. The van der Waals surface area contributed by atoms with Crippen molar-refractivity contribution in [1.82, 2.24) is 0 Å². The van der Waals surface area contributed by atoms with Gasteiger partial charge in [-0.05, 0) is 44.9 Å². The molecule has 0 amide bonds. The molecule has 1 N–H and O–H groups in total. The average Bonchev–Trinajstić information content (AvgIpc) is 2.25. The number of nitriles is 1. The molecular weight excluding hydrogens is 255 g/mol. The van der Waals surface area contributed by atoms with Gasteiger partial charge in [0.05, 0.1) is 22.2 Å². The fraction of sp³-hybridized carbons (Fsp3) is 0.462. The van der Waals surface area contributed by atoms with Gasteiger partial charge in [-0.15, -0.1) is 0 Å². The van der Waals surface area contributed by atoms with E-state index in [9.17, 15) is 0 Å². The van der Waals surface area contributed by atoms with Crippen LogP contribution in [0.5, 0.6) is 0 Å². The van der Waals surface area contributed by atoms with E-state index in [0.29, 0.717) is 16.6 Å². The molecule has 92 valence electrons. The molecule has 0 heterocycles. The van der Waals surface area contributed by atoms with E-state index in [1.165, 1.54) is 0 Å². The Hall–Kier alpha value is -0.910. The maximum Gasteiger partial charge on any atom is 0.0684 e. The number of hydrogen-bond acceptors (Lipinski definition) is 2. The molecule has 1 aromatic carbocycles. The van der Waals surface area contributed by atoms with Gasteiger partial charge in [-0.1, -0.05) is 23.2 Å². The summed E-state index contributed by atoms with van der Waals surface area (Å²) in [6.07, 6.45) is 0.755. The van der Waals surface area contributed by atoms with E-state index in [0.717, 1.165) is 17.7 Å². The number of hydrogen-bond donors (Lipinski definition) is 1. The summed E-state index contributed by atoms with van der Waals surface area (Å²) in [5.41, 5.74) is 1.45. The molecule has 0 atom stereocenters. The van der Waals surface area contributed by atoms with Crippen molar-refractivity contribution in [1.29, 1.82) is 5.26 Å². The van der Waals surface area contributed by atoms with Gasteiger partial charge >= 0.3 is 0 Å². The van der Waals surface area contributed by atoms with Gasteiger partial charge in [-0.3, -0.25) is 0 Å². The molecule has 0 bridgehead atoms. The van der Waals surface area contributed by atoms with Crippen molar-refractivity contribution in [3.05, 3.63) is 27.7 Å². The third-order valence-corrected chi connectivity index (χ3v) is 3.34. The van der Waals surface area contributed by atoms with E-state index >= 15 is 0 Å². The van der Waals surface area contributed by atoms with Crippen LogP contribution < -0.4 is 5.32 Å². The van der Waals surface area contributed by atoms with Crippen molar-refractivity contribution in [3.8, 4) is 6.07 Å². The molecule has 1 aromatic rings. The number of nitrogens with one attached hydrogen (secondary N) is 1. The maximum atomic E-state index is 8.90. The van der Waals surface area contributed by atoms with Crippen LogP contribution in [0.4, 0.5) is 5.69 Å². The van der Waals surface area contributed by atoms with Crippen LogP contribution >= 0.6 is 23.2 Å². The smallest absolute Gasteiger partial charge is 0.0684 e. The predicted molar refractivity (Wildman–Crippen MR) is 73.7 cm³/mol. The third kappa shape index (κ3) is 4.11. The SMILES string of the molecule is Cc1cc(Cl)c(NCCC(C)(C)C#N)cc1Cl. The lowest BCUT2D eigenvalue weighted by atomic mass is 9.91. The van der Waals surface area contributed by atoms with E-state index in [1.54, 1.807) is 0 Å². The molecule has 0 aromatic heterocycles. The average molecular weight is 271 g/mol. The van der Waals surface area contributed by atoms with Gasteiger partial charge in [0.25, 0.3) is 0 Å².